The van der Waals surface area contributed by atoms with Crippen LogP contribution in [0.1, 0.15) is 39.7 Å². The molecule has 0 aliphatic rings. The molecule has 0 heterocycles. The molecule has 0 saturated heterocycles. The van der Waals surface area contributed by atoms with Gasteiger partial charge >= 0.3 is 0 Å². The van der Waals surface area contributed by atoms with Crippen molar-refractivity contribution in [2.24, 2.45) is 0 Å². The Kier molecular flexibility index (Phi) is 17.1. The van der Waals surface area contributed by atoms with Crippen molar-refractivity contribution in [1.29, 1.82) is 0 Å². The van der Waals surface area contributed by atoms with Crippen LogP contribution in [0.2, 0.25) is 0 Å². The number of rotatable bonds is 4. The summed E-state index contributed by atoms with van der Waals surface area (Å²) in [5.41, 5.74) is 1.07. The molecule has 108 valence electrons. The van der Waals surface area contributed by atoms with Gasteiger partial charge in [0, 0.05) is 10.3 Å². The molecule has 4 heteroatoms. The summed E-state index contributed by atoms with van der Waals surface area (Å²) < 4.78 is 0. The third-order valence-electron chi connectivity index (χ3n) is 1.54. The summed E-state index contributed by atoms with van der Waals surface area (Å²) in [7, 11) is 3.33. The standard InChI is InChI=1S/C10H10OS3.C3H8.C2H6/c1-13-14-10(6-7-12)8-2-4-9(11)5-3-8;1-3-2;1-2/h2-7,11H,1H3;3H2,1-2H3;1-2H3/b10-6-;;. The maximum Gasteiger partial charge on any atom is 0.115 e. The van der Waals surface area contributed by atoms with Gasteiger partial charge in [-0.15, -0.1) is 0 Å². The average molecular weight is 317 g/mol. The highest BCUT2D eigenvalue weighted by atomic mass is 33.1. The summed E-state index contributed by atoms with van der Waals surface area (Å²) in [6.07, 6.45) is 5.16. The highest BCUT2D eigenvalue weighted by Gasteiger charge is 2.00. The number of allylic oxidation sites excluding steroid dienone is 1. The Morgan fingerprint density at radius 1 is 1.21 bits per heavy atom. The predicted molar refractivity (Wildman–Crippen MR) is 98.2 cm³/mol. The number of hydrogen-bond donors (Lipinski definition) is 1. The van der Waals surface area contributed by atoms with E-state index in [1.54, 1.807) is 39.1 Å². The molecule has 0 fully saturated rings. The molecule has 0 spiro atoms. The normalized spacial score (nSPS) is 9.63. The molecule has 0 radical (unpaired) electrons. The lowest BCUT2D eigenvalue weighted by Crippen LogP contribution is -1.78. The number of aromatic hydroxyl groups is 1. The molecule has 1 aromatic rings. The van der Waals surface area contributed by atoms with Crippen LogP contribution in [-0.4, -0.2) is 16.7 Å². The first-order chi connectivity index (χ1) is 9.19. The van der Waals surface area contributed by atoms with Crippen LogP contribution in [0.3, 0.4) is 0 Å². The van der Waals surface area contributed by atoms with E-state index in [0.29, 0.717) is 0 Å². The van der Waals surface area contributed by atoms with E-state index < -0.39 is 0 Å². The molecule has 1 nitrogen and oxygen atoms in total. The van der Waals surface area contributed by atoms with Gasteiger partial charge in [-0.3, -0.25) is 0 Å². The third kappa shape index (κ3) is 11.1. The Morgan fingerprint density at radius 3 is 2.05 bits per heavy atom. The zero-order valence-electron chi connectivity index (χ0n) is 12.3. The predicted octanol–water partition coefficient (Wildman–Crippen LogP) is 6.19. The molecule has 0 aliphatic heterocycles. The van der Waals surface area contributed by atoms with Crippen molar-refractivity contribution >= 4 is 44.1 Å². The summed E-state index contributed by atoms with van der Waals surface area (Å²) >= 11 is 4.79. The minimum absolute atomic E-state index is 0.282. The van der Waals surface area contributed by atoms with Crippen molar-refractivity contribution < 1.29 is 5.11 Å². The Labute approximate surface area is 131 Å². The molecule has 0 unspecified atom stereocenters. The zero-order valence-corrected chi connectivity index (χ0v) is 14.8. The minimum atomic E-state index is 0.282. The molecule has 0 atom stereocenters. The van der Waals surface area contributed by atoms with E-state index in [9.17, 15) is 0 Å². The van der Waals surface area contributed by atoms with Gasteiger partial charge in [0.05, 0.1) is 0 Å². The van der Waals surface area contributed by atoms with E-state index >= 15 is 0 Å². The third-order valence-corrected chi connectivity index (χ3v) is 3.44. The highest BCUT2D eigenvalue weighted by molar-refractivity contribution is 8.79. The number of phenolic OH excluding ortho intramolecular Hbond substituents is 1. The SMILES string of the molecule is CC.CCC.CSS/C(=C\C=S)c1ccc(O)cc1. The lowest BCUT2D eigenvalue weighted by Gasteiger charge is -2.03. The molecule has 19 heavy (non-hydrogen) atoms. The molecule has 0 saturated carbocycles. The fourth-order valence-electron chi connectivity index (χ4n) is 0.949. The summed E-state index contributed by atoms with van der Waals surface area (Å²) in [6, 6.07) is 7.10. The Morgan fingerprint density at radius 2 is 1.68 bits per heavy atom. The topological polar surface area (TPSA) is 20.2 Å². The van der Waals surface area contributed by atoms with E-state index in [1.165, 1.54) is 6.42 Å². The number of hydrogen-bond acceptors (Lipinski definition) is 4. The van der Waals surface area contributed by atoms with Crippen molar-refractivity contribution in [3.05, 3.63) is 35.9 Å². The van der Waals surface area contributed by atoms with E-state index in [0.717, 1.165) is 10.5 Å². The van der Waals surface area contributed by atoms with Gasteiger partial charge < -0.3 is 5.11 Å². The number of benzene rings is 1. The van der Waals surface area contributed by atoms with Crippen molar-refractivity contribution in [1.82, 2.24) is 0 Å². The van der Waals surface area contributed by atoms with Gasteiger partial charge in [0.25, 0.3) is 0 Å². The first-order valence-corrected chi connectivity index (χ1v) is 9.38. The molecule has 1 N–H and O–H groups in total. The lowest BCUT2D eigenvalue weighted by atomic mass is 10.2. The summed E-state index contributed by atoms with van der Waals surface area (Å²) in [6.45, 7) is 8.25. The van der Waals surface area contributed by atoms with Crippen molar-refractivity contribution in [2.75, 3.05) is 6.26 Å². The van der Waals surface area contributed by atoms with Gasteiger partial charge in [-0.05, 0) is 30.0 Å². The average Bonchev–Trinajstić information content (AvgIpc) is 2.43. The molecular formula is C15H24OS3. The number of thiocarbonyl (C=S) groups is 1. The molecule has 0 aliphatic carbocycles. The van der Waals surface area contributed by atoms with E-state index in [2.05, 4.69) is 13.8 Å². The monoisotopic (exact) mass is 316 g/mol. The van der Waals surface area contributed by atoms with Gasteiger partial charge in [0.1, 0.15) is 5.75 Å². The Hall–Kier alpha value is -0.450. The van der Waals surface area contributed by atoms with E-state index in [-0.39, 0.29) is 5.75 Å². The smallest absolute Gasteiger partial charge is 0.115 e. The largest absolute Gasteiger partial charge is 0.508 e. The second kappa shape index (κ2) is 15.6. The molecular weight excluding hydrogens is 292 g/mol. The second-order valence-electron chi connectivity index (χ2n) is 3.17. The fraction of sp³-hybridized carbons (Fsp3) is 0.400. The van der Waals surface area contributed by atoms with Gasteiger partial charge in [-0.1, -0.05) is 80.1 Å². The van der Waals surface area contributed by atoms with Gasteiger partial charge in [-0.25, -0.2) is 0 Å². The maximum atomic E-state index is 9.14. The maximum absolute atomic E-state index is 9.14. The molecule has 1 aromatic carbocycles. The fourth-order valence-corrected chi connectivity index (χ4v) is 2.70. The first kappa shape index (κ1) is 20.9. The lowest BCUT2D eigenvalue weighted by molar-refractivity contribution is 0.475. The van der Waals surface area contributed by atoms with E-state index in [1.807, 2.05) is 38.3 Å². The minimum Gasteiger partial charge on any atom is -0.508 e. The second-order valence-corrected chi connectivity index (χ2v) is 5.88. The molecule has 0 aromatic heterocycles. The molecule has 1 rings (SSSR count). The summed E-state index contributed by atoms with van der Waals surface area (Å²) in [5, 5.41) is 10.7. The van der Waals surface area contributed by atoms with Crippen LogP contribution in [0.4, 0.5) is 0 Å². The molecule has 0 amide bonds. The first-order valence-electron chi connectivity index (χ1n) is 6.35. The number of phenols is 1. The van der Waals surface area contributed by atoms with Crippen LogP contribution >= 0.6 is 33.8 Å². The highest BCUT2D eigenvalue weighted by Crippen LogP contribution is 2.35. The zero-order chi connectivity index (χ0) is 15.1. The van der Waals surface area contributed by atoms with Crippen molar-refractivity contribution in [3.8, 4) is 5.75 Å². The molecule has 0 bridgehead atoms. The van der Waals surface area contributed by atoms with Crippen LogP contribution in [0.5, 0.6) is 5.75 Å². The van der Waals surface area contributed by atoms with Crippen molar-refractivity contribution in [2.45, 2.75) is 34.1 Å². The van der Waals surface area contributed by atoms with Crippen LogP contribution in [0, 0.1) is 0 Å². The van der Waals surface area contributed by atoms with Gasteiger partial charge in [0.15, 0.2) is 0 Å². The van der Waals surface area contributed by atoms with Crippen LogP contribution in [0.25, 0.3) is 4.91 Å². The van der Waals surface area contributed by atoms with E-state index in [4.69, 9.17) is 17.3 Å². The van der Waals surface area contributed by atoms with Crippen molar-refractivity contribution in [3.63, 3.8) is 0 Å². The van der Waals surface area contributed by atoms with Crippen LogP contribution < -0.4 is 0 Å². The van der Waals surface area contributed by atoms with Gasteiger partial charge in [0.2, 0.25) is 0 Å². The summed E-state index contributed by atoms with van der Waals surface area (Å²) in [5.74, 6) is 0.282. The van der Waals surface area contributed by atoms with Crippen LogP contribution in [0.15, 0.2) is 30.3 Å². The quantitative estimate of drug-likeness (QED) is 0.406. The van der Waals surface area contributed by atoms with Gasteiger partial charge in [-0.2, -0.15) is 0 Å². The Balaban J connectivity index is 0. The van der Waals surface area contributed by atoms with Crippen LogP contribution in [-0.2, 0) is 0 Å². The summed E-state index contributed by atoms with van der Waals surface area (Å²) in [4.78, 5) is 1.10. The Bertz CT molecular complexity index is 345.